The maximum absolute atomic E-state index is 10.4. The zero-order valence-electron chi connectivity index (χ0n) is 8.67. The fourth-order valence-corrected chi connectivity index (χ4v) is 1.61. The van der Waals surface area contributed by atoms with Gasteiger partial charge in [-0.05, 0) is 30.7 Å². The first-order valence-corrected chi connectivity index (χ1v) is 5.37. The minimum atomic E-state index is -0.545. The van der Waals surface area contributed by atoms with E-state index >= 15 is 0 Å². The average molecular weight is 263 g/mol. The van der Waals surface area contributed by atoms with Gasteiger partial charge in [0.1, 0.15) is 6.61 Å². The van der Waals surface area contributed by atoms with Gasteiger partial charge in [0.05, 0.1) is 6.04 Å². The van der Waals surface area contributed by atoms with Crippen LogP contribution in [0.3, 0.4) is 0 Å². The van der Waals surface area contributed by atoms with E-state index in [9.17, 15) is 4.79 Å². The zero-order valence-corrected chi connectivity index (χ0v) is 10.2. The van der Waals surface area contributed by atoms with Crippen molar-refractivity contribution in [2.75, 3.05) is 6.61 Å². The van der Waals surface area contributed by atoms with Crippen molar-refractivity contribution in [3.63, 3.8) is 0 Å². The predicted octanol–water partition coefficient (Wildman–Crippen LogP) is 2.06. The molecule has 1 amide bonds. The lowest BCUT2D eigenvalue weighted by atomic mass is 10.1. The predicted molar refractivity (Wildman–Crippen MR) is 63.2 cm³/mol. The van der Waals surface area contributed by atoms with E-state index in [-0.39, 0.29) is 12.6 Å². The van der Waals surface area contributed by atoms with Crippen LogP contribution in [0.1, 0.15) is 18.5 Å². The monoisotopic (exact) mass is 262 g/mol. The quantitative estimate of drug-likeness (QED) is 0.799. The Balaban J connectivity index is 2.61. The summed E-state index contributed by atoms with van der Waals surface area (Å²) in [5, 5.41) is 1.16. The summed E-state index contributed by atoms with van der Waals surface area (Å²) in [6, 6.07) is 4.94. The number of hydrogen-bond acceptors (Lipinski definition) is 3. The zero-order chi connectivity index (χ0) is 12.1. The van der Waals surface area contributed by atoms with Gasteiger partial charge in [-0.3, -0.25) is 9.63 Å². The van der Waals surface area contributed by atoms with E-state index in [4.69, 9.17) is 33.8 Å². The summed E-state index contributed by atoms with van der Waals surface area (Å²) in [5.74, 6) is -0.545. The molecule has 0 heterocycles. The number of amides is 1. The molecule has 16 heavy (non-hydrogen) atoms. The van der Waals surface area contributed by atoms with E-state index < -0.39 is 5.91 Å². The number of rotatable bonds is 5. The van der Waals surface area contributed by atoms with Crippen LogP contribution in [0.15, 0.2) is 18.2 Å². The third-order valence-corrected chi connectivity index (χ3v) is 2.48. The van der Waals surface area contributed by atoms with Gasteiger partial charge in [0.2, 0.25) is 5.91 Å². The van der Waals surface area contributed by atoms with E-state index in [2.05, 4.69) is 5.48 Å². The van der Waals surface area contributed by atoms with E-state index in [0.29, 0.717) is 10.0 Å². The molecule has 1 atom stereocenters. The van der Waals surface area contributed by atoms with Crippen LogP contribution < -0.4 is 11.2 Å². The van der Waals surface area contributed by atoms with Crippen LogP contribution in [0.4, 0.5) is 0 Å². The molecule has 88 valence electrons. The number of benzene rings is 1. The van der Waals surface area contributed by atoms with Crippen LogP contribution in [-0.4, -0.2) is 12.5 Å². The summed E-state index contributed by atoms with van der Waals surface area (Å²) < 4.78 is 0. The highest BCUT2D eigenvalue weighted by atomic mass is 35.5. The molecule has 0 spiro atoms. The van der Waals surface area contributed by atoms with Gasteiger partial charge < -0.3 is 5.73 Å². The van der Waals surface area contributed by atoms with Crippen molar-refractivity contribution in [1.29, 1.82) is 0 Å². The fourth-order valence-electron chi connectivity index (χ4n) is 1.15. The average Bonchev–Trinajstić information content (AvgIpc) is 2.21. The minimum Gasteiger partial charge on any atom is -0.368 e. The SMILES string of the molecule is CC(NOCC(N)=O)c1cc(Cl)ccc1Cl. The first-order valence-electron chi connectivity index (χ1n) is 4.61. The van der Waals surface area contributed by atoms with Gasteiger partial charge in [-0.1, -0.05) is 23.2 Å². The fraction of sp³-hybridized carbons (Fsp3) is 0.300. The van der Waals surface area contributed by atoms with Crippen LogP contribution in [0.5, 0.6) is 0 Å². The highest BCUT2D eigenvalue weighted by Crippen LogP contribution is 2.25. The topological polar surface area (TPSA) is 64.3 Å². The number of nitrogens with one attached hydrogen (secondary N) is 1. The molecule has 1 rings (SSSR count). The standard InChI is InChI=1S/C10H12Cl2N2O2/c1-6(14-16-5-10(13)15)8-4-7(11)2-3-9(8)12/h2-4,6,14H,5H2,1H3,(H2,13,15). The highest BCUT2D eigenvalue weighted by molar-refractivity contribution is 6.33. The summed E-state index contributed by atoms with van der Waals surface area (Å²) in [7, 11) is 0. The van der Waals surface area contributed by atoms with E-state index in [0.717, 1.165) is 5.56 Å². The van der Waals surface area contributed by atoms with Crippen LogP contribution in [0, 0.1) is 0 Å². The number of nitrogens with two attached hydrogens (primary N) is 1. The maximum atomic E-state index is 10.4. The summed E-state index contributed by atoms with van der Waals surface area (Å²) in [6.45, 7) is 1.64. The Hall–Kier alpha value is -0.810. The van der Waals surface area contributed by atoms with Crippen LogP contribution in [0.2, 0.25) is 10.0 Å². The Morgan fingerprint density at radius 2 is 2.25 bits per heavy atom. The largest absolute Gasteiger partial charge is 0.368 e. The molecule has 0 aliphatic heterocycles. The first-order chi connectivity index (χ1) is 7.50. The number of hydroxylamine groups is 1. The number of primary amides is 1. The van der Waals surface area contributed by atoms with Gasteiger partial charge in [0, 0.05) is 10.0 Å². The molecule has 1 unspecified atom stereocenters. The van der Waals surface area contributed by atoms with Crippen molar-refractivity contribution in [2.24, 2.45) is 5.73 Å². The second-order valence-electron chi connectivity index (χ2n) is 3.26. The first kappa shape index (κ1) is 13.3. The molecule has 4 nitrogen and oxygen atoms in total. The second kappa shape index (κ2) is 6.06. The Morgan fingerprint density at radius 1 is 1.56 bits per heavy atom. The van der Waals surface area contributed by atoms with E-state index in [1.54, 1.807) is 18.2 Å². The Kier molecular flexibility index (Phi) is 5.02. The van der Waals surface area contributed by atoms with Gasteiger partial charge in [-0.15, -0.1) is 0 Å². The maximum Gasteiger partial charge on any atom is 0.245 e. The van der Waals surface area contributed by atoms with Crippen molar-refractivity contribution in [3.05, 3.63) is 33.8 Å². The van der Waals surface area contributed by atoms with Gasteiger partial charge in [-0.25, -0.2) is 0 Å². The van der Waals surface area contributed by atoms with Crippen LogP contribution in [-0.2, 0) is 9.63 Å². The molecule has 0 aliphatic carbocycles. The van der Waals surface area contributed by atoms with Crippen molar-refractivity contribution in [1.82, 2.24) is 5.48 Å². The Bertz CT molecular complexity index is 385. The molecule has 3 N–H and O–H groups in total. The Morgan fingerprint density at radius 3 is 2.88 bits per heavy atom. The lowest BCUT2D eigenvalue weighted by molar-refractivity contribution is -0.126. The van der Waals surface area contributed by atoms with Gasteiger partial charge in [-0.2, -0.15) is 5.48 Å². The molecule has 0 fully saturated rings. The molecule has 1 aromatic carbocycles. The molecular formula is C10H12Cl2N2O2. The minimum absolute atomic E-state index is 0.189. The highest BCUT2D eigenvalue weighted by Gasteiger charge is 2.10. The van der Waals surface area contributed by atoms with Crippen molar-refractivity contribution < 1.29 is 9.63 Å². The lowest BCUT2D eigenvalue weighted by Gasteiger charge is -2.15. The summed E-state index contributed by atoms with van der Waals surface area (Å²) in [6.07, 6.45) is 0. The molecule has 0 radical (unpaired) electrons. The van der Waals surface area contributed by atoms with Crippen molar-refractivity contribution >= 4 is 29.1 Å². The van der Waals surface area contributed by atoms with Gasteiger partial charge in [0.15, 0.2) is 0 Å². The summed E-state index contributed by atoms with van der Waals surface area (Å²) >= 11 is 11.8. The van der Waals surface area contributed by atoms with E-state index in [1.807, 2.05) is 6.92 Å². The van der Waals surface area contributed by atoms with E-state index in [1.165, 1.54) is 0 Å². The second-order valence-corrected chi connectivity index (χ2v) is 4.10. The molecule has 0 bridgehead atoms. The molecular weight excluding hydrogens is 251 g/mol. The molecule has 0 saturated heterocycles. The normalized spacial score (nSPS) is 12.4. The number of hydrogen-bond donors (Lipinski definition) is 2. The molecule has 1 aromatic rings. The third kappa shape index (κ3) is 3.98. The van der Waals surface area contributed by atoms with Crippen molar-refractivity contribution in [2.45, 2.75) is 13.0 Å². The lowest BCUT2D eigenvalue weighted by Crippen LogP contribution is -2.26. The number of halogens is 2. The number of carbonyl (C=O) groups excluding carboxylic acids is 1. The Labute approximate surface area is 104 Å². The van der Waals surface area contributed by atoms with Crippen LogP contribution in [0.25, 0.3) is 0 Å². The van der Waals surface area contributed by atoms with Crippen molar-refractivity contribution in [3.8, 4) is 0 Å². The van der Waals surface area contributed by atoms with Gasteiger partial charge in [0.25, 0.3) is 0 Å². The third-order valence-electron chi connectivity index (χ3n) is 1.90. The molecule has 6 heteroatoms. The molecule has 0 saturated carbocycles. The molecule has 0 aliphatic rings. The van der Waals surface area contributed by atoms with Gasteiger partial charge >= 0.3 is 0 Å². The number of carbonyl (C=O) groups is 1. The smallest absolute Gasteiger partial charge is 0.245 e. The molecule has 0 aromatic heterocycles. The summed E-state index contributed by atoms with van der Waals surface area (Å²) in [4.78, 5) is 15.3. The van der Waals surface area contributed by atoms with Crippen LogP contribution >= 0.6 is 23.2 Å². The summed E-state index contributed by atoms with van der Waals surface area (Å²) in [5.41, 5.74) is 8.37.